The van der Waals surface area contributed by atoms with Gasteiger partial charge in [-0.25, -0.2) is 8.42 Å². The van der Waals surface area contributed by atoms with Gasteiger partial charge in [0.2, 0.25) is 15.9 Å². The van der Waals surface area contributed by atoms with E-state index in [9.17, 15) is 18.5 Å². The summed E-state index contributed by atoms with van der Waals surface area (Å²) >= 11 is 0. The smallest absolute Gasteiger partial charge is 0.232 e. The standard InChI is InChI=1S/C21H25N3O3S/c1-21(2,3)17-10-6-7-11-18(17)23-20(25)13-14-24(28(4,26)27)19-12-8-5-9-16(19)15-22/h5-12H,13-14H2,1-4H3,(H,23,25). The monoisotopic (exact) mass is 399 g/mol. The molecular formula is C21H25N3O3S. The van der Waals surface area contributed by atoms with E-state index in [4.69, 9.17) is 0 Å². The van der Waals surface area contributed by atoms with Gasteiger partial charge in [-0.1, -0.05) is 51.1 Å². The highest BCUT2D eigenvalue weighted by Gasteiger charge is 2.22. The maximum absolute atomic E-state index is 12.5. The summed E-state index contributed by atoms with van der Waals surface area (Å²) in [7, 11) is -3.65. The molecule has 0 radical (unpaired) electrons. The van der Waals surface area contributed by atoms with Gasteiger partial charge in [0.25, 0.3) is 0 Å². The minimum absolute atomic E-state index is 0.0364. The fourth-order valence-corrected chi connectivity index (χ4v) is 3.85. The molecule has 0 saturated heterocycles. The van der Waals surface area contributed by atoms with Crippen LogP contribution in [0.25, 0.3) is 0 Å². The molecule has 1 amide bonds. The molecule has 2 rings (SSSR count). The van der Waals surface area contributed by atoms with Crippen LogP contribution in [-0.2, 0) is 20.2 Å². The maximum Gasteiger partial charge on any atom is 0.232 e. The van der Waals surface area contributed by atoms with Gasteiger partial charge in [0.15, 0.2) is 0 Å². The number of nitrogens with zero attached hydrogens (tertiary/aromatic N) is 2. The van der Waals surface area contributed by atoms with Crippen LogP contribution in [0.5, 0.6) is 0 Å². The number of nitrogens with one attached hydrogen (secondary N) is 1. The molecule has 148 valence electrons. The van der Waals surface area contributed by atoms with Crippen LogP contribution in [0, 0.1) is 11.3 Å². The van der Waals surface area contributed by atoms with Crippen LogP contribution in [0.1, 0.15) is 38.3 Å². The topological polar surface area (TPSA) is 90.3 Å². The molecule has 28 heavy (non-hydrogen) atoms. The molecular weight excluding hydrogens is 374 g/mol. The molecule has 0 spiro atoms. The number of carbonyl (C=O) groups is 1. The van der Waals surface area contributed by atoms with E-state index in [1.807, 2.05) is 30.3 Å². The van der Waals surface area contributed by atoms with Crippen LogP contribution in [0.3, 0.4) is 0 Å². The first-order valence-electron chi connectivity index (χ1n) is 8.90. The van der Waals surface area contributed by atoms with Crippen molar-refractivity contribution in [3.8, 4) is 6.07 Å². The maximum atomic E-state index is 12.5. The third kappa shape index (κ3) is 5.33. The van der Waals surface area contributed by atoms with Crippen LogP contribution in [0.2, 0.25) is 0 Å². The second-order valence-electron chi connectivity index (χ2n) is 7.56. The summed E-state index contributed by atoms with van der Waals surface area (Å²) in [5.41, 5.74) is 2.08. The quantitative estimate of drug-likeness (QED) is 0.803. The second kappa shape index (κ2) is 8.44. The number of para-hydroxylation sites is 2. The fourth-order valence-electron chi connectivity index (χ4n) is 2.91. The molecule has 1 N–H and O–H groups in total. The van der Waals surface area contributed by atoms with E-state index < -0.39 is 10.0 Å². The van der Waals surface area contributed by atoms with Gasteiger partial charge in [-0.05, 0) is 29.2 Å². The summed E-state index contributed by atoms with van der Waals surface area (Å²) in [5, 5.41) is 12.1. The molecule has 7 heteroatoms. The van der Waals surface area contributed by atoms with Gasteiger partial charge in [0.05, 0.1) is 17.5 Å². The molecule has 0 aliphatic carbocycles. The summed E-state index contributed by atoms with van der Waals surface area (Å²) in [6.45, 7) is 6.12. The number of carbonyl (C=O) groups excluding carboxylic acids is 1. The Balaban J connectivity index is 2.19. The predicted octanol–water partition coefficient (Wildman–Crippen LogP) is 3.65. The highest BCUT2D eigenvalue weighted by molar-refractivity contribution is 7.92. The van der Waals surface area contributed by atoms with Crippen LogP contribution >= 0.6 is 0 Å². The first-order chi connectivity index (χ1) is 13.0. The lowest BCUT2D eigenvalue weighted by Crippen LogP contribution is -2.33. The predicted molar refractivity (Wildman–Crippen MR) is 112 cm³/mol. The third-order valence-corrected chi connectivity index (χ3v) is 5.42. The Morgan fingerprint density at radius 2 is 1.71 bits per heavy atom. The van der Waals surface area contributed by atoms with E-state index >= 15 is 0 Å². The zero-order valence-corrected chi connectivity index (χ0v) is 17.4. The average molecular weight is 400 g/mol. The molecule has 6 nitrogen and oxygen atoms in total. The lowest BCUT2D eigenvalue weighted by molar-refractivity contribution is -0.116. The van der Waals surface area contributed by atoms with Crippen LogP contribution in [-0.4, -0.2) is 27.1 Å². The first kappa shape index (κ1) is 21.5. The Bertz CT molecular complexity index is 1000. The Morgan fingerprint density at radius 3 is 2.32 bits per heavy atom. The van der Waals surface area contributed by atoms with Crippen molar-refractivity contribution in [2.24, 2.45) is 0 Å². The lowest BCUT2D eigenvalue weighted by Gasteiger charge is -2.24. The SMILES string of the molecule is CC(C)(C)c1ccccc1NC(=O)CCN(c1ccccc1C#N)S(C)(=O)=O. The number of rotatable bonds is 6. The minimum atomic E-state index is -3.65. The summed E-state index contributed by atoms with van der Waals surface area (Å²) in [6.07, 6.45) is 1.03. The third-order valence-electron chi connectivity index (χ3n) is 4.24. The molecule has 0 bridgehead atoms. The van der Waals surface area contributed by atoms with Crippen molar-refractivity contribution in [2.75, 3.05) is 22.4 Å². The number of benzene rings is 2. The van der Waals surface area contributed by atoms with Crippen LogP contribution in [0.15, 0.2) is 48.5 Å². The molecule has 2 aromatic carbocycles. The number of sulfonamides is 1. The number of amides is 1. The fraction of sp³-hybridized carbons (Fsp3) is 0.333. The molecule has 0 aliphatic heterocycles. The molecule has 0 fully saturated rings. The van der Waals surface area contributed by atoms with E-state index in [1.165, 1.54) is 0 Å². The van der Waals surface area contributed by atoms with E-state index in [0.717, 1.165) is 16.1 Å². The van der Waals surface area contributed by atoms with Gasteiger partial charge in [-0.15, -0.1) is 0 Å². The van der Waals surface area contributed by atoms with E-state index in [-0.39, 0.29) is 35.5 Å². The van der Waals surface area contributed by atoms with Crippen molar-refractivity contribution in [1.82, 2.24) is 0 Å². The summed E-state index contributed by atoms with van der Waals surface area (Å²) in [5.74, 6) is -0.292. The molecule has 0 saturated carbocycles. The Kier molecular flexibility index (Phi) is 6.47. The Hall–Kier alpha value is -2.85. The summed E-state index contributed by atoms with van der Waals surface area (Å²) in [4.78, 5) is 12.5. The van der Waals surface area contributed by atoms with E-state index in [2.05, 4.69) is 26.1 Å². The zero-order chi connectivity index (χ0) is 20.9. The molecule has 0 aliphatic rings. The van der Waals surface area contributed by atoms with Crippen molar-refractivity contribution >= 4 is 27.3 Å². The van der Waals surface area contributed by atoms with Crippen molar-refractivity contribution in [3.63, 3.8) is 0 Å². The van der Waals surface area contributed by atoms with E-state index in [1.54, 1.807) is 24.3 Å². The van der Waals surface area contributed by atoms with Gasteiger partial charge in [0, 0.05) is 18.7 Å². The van der Waals surface area contributed by atoms with Crippen molar-refractivity contribution in [3.05, 3.63) is 59.7 Å². The van der Waals surface area contributed by atoms with Crippen molar-refractivity contribution < 1.29 is 13.2 Å². The highest BCUT2D eigenvalue weighted by atomic mass is 32.2. The van der Waals surface area contributed by atoms with Gasteiger partial charge >= 0.3 is 0 Å². The number of anilines is 2. The summed E-state index contributed by atoms with van der Waals surface area (Å²) < 4.78 is 25.6. The minimum Gasteiger partial charge on any atom is -0.326 e. The van der Waals surface area contributed by atoms with Gasteiger partial charge in [0.1, 0.15) is 6.07 Å². The van der Waals surface area contributed by atoms with Gasteiger partial charge < -0.3 is 5.32 Å². The second-order valence-corrected chi connectivity index (χ2v) is 9.46. The highest BCUT2D eigenvalue weighted by Crippen LogP contribution is 2.29. The number of hydrogen-bond donors (Lipinski definition) is 1. The Morgan fingerprint density at radius 1 is 1.11 bits per heavy atom. The molecule has 2 aromatic rings. The zero-order valence-electron chi connectivity index (χ0n) is 16.6. The lowest BCUT2D eigenvalue weighted by atomic mass is 9.86. The summed E-state index contributed by atoms with van der Waals surface area (Å²) in [6, 6.07) is 16.0. The number of hydrogen-bond acceptors (Lipinski definition) is 4. The largest absolute Gasteiger partial charge is 0.326 e. The van der Waals surface area contributed by atoms with Gasteiger partial charge in [-0.3, -0.25) is 9.10 Å². The molecule has 0 unspecified atom stereocenters. The molecule has 0 heterocycles. The molecule has 0 aromatic heterocycles. The van der Waals surface area contributed by atoms with E-state index in [0.29, 0.717) is 5.69 Å². The Labute approximate surface area is 166 Å². The normalized spacial score (nSPS) is 11.5. The van der Waals surface area contributed by atoms with Crippen molar-refractivity contribution in [2.45, 2.75) is 32.6 Å². The van der Waals surface area contributed by atoms with Crippen LogP contribution in [0.4, 0.5) is 11.4 Å². The average Bonchev–Trinajstić information content (AvgIpc) is 2.60. The van der Waals surface area contributed by atoms with Crippen LogP contribution < -0.4 is 9.62 Å². The number of nitriles is 1. The first-order valence-corrected chi connectivity index (χ1v) is 10.7. The van der Waals surface area contributed by atoms with Gasteiger partial charge in [-0.2, -0.15) is 5.26 Å². The molecule has 0 atom stereocenters. The van der Waals surface area contributed by atoms with Crippen molar-refractivity contribution in [1.29, 1.82) is 5.26 Å².